The van der Waals surface area contributed by atoms with Crippen molar-refractivity contribution in [2.45, 2.75) is 6.54 Å². The maximum Gasteiger partial charge on any atom is 0.277 e. The van der Waals surface area contributed by atoms with Gasteiger partial charge in [0, 0.05) is 6.07 Å². The summed E-state index contributed by atoms with van der Waals surface area (Å²) in [6, 6.07) is 17.5. The van der Waals surface area contributed by atoms with E-state index in [2.05, 4.69) is 15.4 Å². The van der Waals surface area contributed by atoms with Gasteiger partial charge in [-0.25, -0.2) is 9.67 Å². The quantitative estimate of drug-likeness (QED) is 0.491. The molecule has 0 saturated heterocycles. The number of hydrogen-bond donors (Lipinski definition) is 1. The third kappa shape index (κ3) is 4.47. The van der Waals surface area contributed by atoms with Crippen molar-refractivity contribution in [3.05, 3.63) is 76.7 Å². The van der Waals surface area contributed by atoms with Gasteiger partial charge in [-0.05, 0) is 36.4 Å². The third-order valence-electron chi connectivity index (χ3n) is 4.23. The minimum Gasteiger partial charge on any atom is -0.497 e. The van der Waals surface area contributed by atoms with Gasteiger partial charge in [-0.3, -0.25) is 14.9 Å². The number of amides is 1. The molecule has 1 amide bonds. The second kappa shape index (κ2) is 8.75. The second-order valence-electron chi connectivity index (χ2n) is 6.25. The van der Waals surface area contributed by atoms with E-state index in [0.717, 1.165) is 16.0 Å². The first-order valence-corrected chi connectivity index (χ1v) is 9.96. The smallest absolute Gasteiger partial charge is 0.277 e. The summed E-state index contributed by atoms with van der Waals surface area (Å²) in [5.74, 6) is 0.973. The highest BCUT2D eigenvalue weighted by Gasteiger charge is 2.13. The minimum absolute atomic E-state index is 0.117. The molecule has 0 atom stereocenters. The molecular weight excluding hydrogens is 404 g/mol. The molecule has 4 rings (SSSR count). The molecule has 0 fully saturated rings. The van der Waals surface area contributed by atoms with E-state index in [4.69, 9.17) is 9.47 Å². The Bertz CT molecular complexity index is 1240. The molecule has 0 radical (unpaired) electrons. The average molecular weight is 422 g/mol. The number of methoxy groups -OCH3 is 1. The van der Waals surface area contributed by atoms with E-state index in [9.17, 15) is 9.59 Å². The van der Waals surface area contributed by atoms with Crippen molar-refractivity contribution in [3.8, 4) is 11.5 Å². The number of anilines is 1. The minimum atomic E-state index is -0.446. The van der Waals surface area contributed by atoms with Crippen molar-refractivity contribution in [2.24, 2.45) is 0 Å². The highest BCUT2D eigenvalue weighted by Crippen LogP contribution is 2.29. The van der Waals surface area contributed by atoms with Crippen LogP contribution in [-0.2, 0) is 6.54 Å². The van der Waals surface area contributed by atoms with Gasteiger partial charge in [0.2, 0.25) is 0 Å². The van der Waals surface area contributed by atoms with Crippen LogP contribution in [0.1, 0.15) is 10.5 Å². The van der Waals surface area contributed by atoms with Crippen LogP contribution in [0.3, 0.4) is 0 Å². The molecule has 4 aromatic rings. The molecule has 1 N–H and O–H groups in total. The van der Waals surface area contributed by atoms with Gasteiger partial charge >= 0.3 is 0 Å². The average Bonchev–Trinajstić information content (AvgIpc) is 3.17. The molecule has 0 aliphatic rings. The number of para-hydroxylation sites is 1. The number of aromatic nitrogens is 3. The van der Waals surface area contributed by atoms with Crippen LogP contribution in [-0.4, -0.2) is 34.4 Å². The fourth-order valence-electron chi connectivity index (χ4n) is 2.74. The van der Waals surface area contributed by atoms with Crippen molar-refractivity contribution in [1.82, 2.24) is 14.8 Å². The lowest BCUT2D eigenvalue weighted by atomic mass is 10.3. The summed E-state index contributed by atoms with van der Waals surface area (Å²) >= 11 is 1.33. The monoisotopic (exact) mass is 422 g/mol. The van der Waals surface area contributed by atoms with Crippen molar-refractivity contribution in [3.63, 3.8) is 0 Å². The Labute approximate surface area is 175 Å². The Morgan fingerprint density at radius 1 is 1.10 bits per heavy atom. The molecule has 0 saturated carbocycles. The number of thiazole rings is 1. The molecule has 0 bridgehead atoms. The Morgan fingerprint density at radius 3 is 2.73 bits per heavy atom. The summed E-state index contributed by atoms with van der Waals surface area (Å²) in [5, 5.41) is 7.32. The first-order valence-electron chi connectivity index (χ1n) is 9.14. The molecule has 8 nitrogen and oxygen atoms in total. The fraction of sp³-hybridized carbons (Fsp3) is 0.143. The molecule has 9 heteroatoms. The molecule has 152 valence electrons. The standard InChI is InChI=1S/C21H18N4O4S/c1-28-15-7-8-16-18(13-15)30-21(22-16)23-20(27)17-9-10-19(26)25(24-17)11-12-29-14-5-3-2-4-6-14/h2-10,13H,11-12H2,1H3,(H,22,23,27). The zero-order valence-corrected chi connectivity index (χ0v) is 16.9. The van der Waals surface area contributed by atoms with Gasteiger partial charge in [0.05, 0.1) is 23.9 Å². The number of carbonyl (C=O) groups is 1. The predicted molar refractivity (Wildman–Crippen MR) is 115 cm³/mol. The molecule has 0 unspecified atom stereocenters. The number of benzene rings is 2. The Morgan fingerprint density at radius 2 is 1.93 bits per heavy atom. The molecule has 2 heterocycles. The van der Waals surface area contributed by atoms with Crippen LogP contribution in [0.25, 0.3) is 10.2 Å². The van der Waals surface area contributed by atoms with E-state index >= 15 is 0 Å². The number of fused-ring (bicyclic) bond motifs is 1. The van der Waals surface area contributed by atoms with Gasteiger partial charge in [-0.2, -0.15) is 5.10 Å². The summed E-state index contributed by atoms with van der Waals surface area (Å²) in [6.45, 7) is 0.470. The number of nitrogens with one attached hydrogen (secondary N) is 1. The summed E-state index contributed by atoms with van der Waals surface area (Å²) in [5.41, 5.74) is 0.563. The maximum absolute atomic E-state index is 12.6. The van der Waals surface area contributed by atoms with Crippen LogP contribution in [0, 0.1) is 0 Å². The van der Waals surface area contributed by atoms with Gasteiger partial charge in [-0.1, -0.05) is 29.5 Å². The number of rotatable bonds is 7. The van der Waals surface area contributed by atoms with Crippen molar-refractivity contribution in [2.75, 3.05) is 19.0 Å². The van der Waals surface area contributed by atoms with Crippen LogP contribution >= 0.6 is 11.3 Å². The van der Waals surface area contributed by atoms with Crippen LogP contribution in [0.2, 0.25) is 0 Å². The van der Waals surface area contributed by atoms with E-state index in [0.29, 0.717) is 10.9 Å². The molecule has 2 aromatic heterocycles. The van der Waals surface area contributed by atoms with Crippen LogP contribution in [0.4, 0.5) is 5.13 Å². The predicted octanol–water partition coefficient (Wildman–Crippen LogP) is 3.19. The molecule has 30 heavy (non-hydrogen) atoms. The molecule has 2 aromatic carbocycles. The lowest BCUT2D eigenvalue weighted by Crippen LogP contribution is -2.28. The highest BCUT2D eigenvalue weighted by molar-refractivity contribution is 7.22. The van der Waals surface area contributed by atoms with Gasteiger partial charge in [0.25, 0.3) is 11.5 Å². The highest BCUT2D eigenvalue weighted by atomic mass is 32.1. The lowest BCUT2D eigenvalue weighted by Gasteiger charge is -2.08. The summed E-state index contributed by atoms with van der Waals surface area (Å²) in [6.07, 6.45) is 0. The zero-order valence-electron chi connectivity index (χ0n) is 16.1. The number of nitrogens with zero attached hydrogens (tertiary/aromatic N) is 3. The number of carbonyl (C=O) groups excluding carboxylic acids is 1. The second-order valence-corrected chi connectivity index (χ2v) is 7.28. The van der Waals surface area contributed by atoms with E-state index in [-0.39, 0.29) is 24.4 Å². The van der Waals surface area contributed by atoms with E-state index in [1.807, 2.05) is 48.5 Å². The van der Waals surface area contributed by atoms with E-state index in [1.54, 1.807) is 7.11 Å². The topological polar surface area (TPSA) is 95.3 Å². The van der Waals surface area contributed by atoms with Crippen LogP contribution in [0.15, 0.2) is 65.5 Å². The molecule has 0 aliphatic heterocycles. The van der Waals surface area contributed by atoms with E-state index < -0.39 is 5.91 Å². The Hall–Kier alpha value is -3.72. The number of hydrogen-bond acceptors (Lipinski definition) is 7. The molecule has 0 aliphatic carbocycles. The molecular formula is C21H18N4O4S. The summed E-state index contributed by atoms with van der Waals surface area (Å²) in [7, 11) is 1.59. The molecule has 0 spiro atoms. The van der Waals surface area contributed by atoms with Gasteiger partial charge in [0.1, 0.15) is 23.8 Å². The Balaban J connectivity index is 1.45. The normalized spacial score (nSPS) is 10.7. The van der Waals surface area contributed by atoms with Crippen LogP contribution in [0.5, 0.6) is 11.5 Å². The van der Waals surface area contributed by atoms with Crippen molar-refractivity contribution < 1.29 is 14.3 Å². The fourth-order valence-corrected chi connectivity index (χ4v) is 3.63. The lowest BCUT2D eigenvalue weighted by molar-refractivity contribution is 0.101. The largest absolute Gasteiger partial charge is 0.497 e. The van der Waals surface area contributed by atoms with Gasteiger partial charge < -0.3 is 9.47 Å². The first-order chi connectivity index (χ1) is 14.6. The third-order valence-corrected chi connectivity index (χ3v) is 5.16. The first kappa shape index (κ1) is 19.6. The SMILES string of the molecule is COc1ccc2nc(NC(=O)c3ccc(=O)n(CCOc4ccccc4)n3)sc2c1. The Kier molecular flexibility index (Phi) is 5.71. The number of ether oxygens (including phenoxy) is 2. The van der Waals surface area contributed by atoms with Crippen LogP contribution < -0.4 is 20.3 Å². The van der Waals surface area contributed by atoms with Crippen molar-refractivity contribution in [1.29, 1.82) is 0 Å². The summed E-state index contributed by atoms with van der Waals surface area (Å²) in [4.78, 5) is 29.0. The van der Waals surface area contributed by atoms with Gasteiger partial charge in [0.15, 0.2) is 5.13 Å². The van der Waals surface area contributed by atoms with Gasteiger partial charge in [-0.15, -0.1) is 0 Å². The van der Waals surface area contributed by atoms with Crippen molar-refractivity contribution >= 4 is 32.6 Å². The summed E-state index contributed by atoms with van der Waals surface area (Å²) < 4.78 is 12.9. The maximum atomic E-state index is 12.6. The van der Waals surface area contributed by atoms with E-state index in [1.165, 1.54) is 28.2 Å². The zero-order chi connectivity index (χ0) is 20.9.